The van der Waals surface area contributed by atoms with Crippen molar-refractivity contribution in [3.05, 3.63) is 41.2 Å². The number of ether oxygens (including phenoxy) is 1. The molecule has 304 valence electrons. The number of aliphatic hydroxyl groups excluding tert-OH is 1. The van der Waals surface area contributed by atoms with Crippen LogP contribution in [0.4, 0.5) is 0 Å². The van der Waals surface area contributed by atoms with Gasteiger partial charge in [-0.05, 0) is 123 Å². The number of carbonyl (C=O) groups excluding carboxylic acids is 3. The van der Waals surface area contributed by atoms with E-state index >= 15 is 0 Å². The van der Waals surface area contributed by atoms with Crippen LogP contribution in [0, 0.1) is 56.2 Å². The first-order chi connectivity index (χ1) is 25.6. The summed E-state index contributed by atoms with van der Waals surface area (Å²) >= 11 is 0. The molecule has 4 saturated carbocycles. The van der Waals surface area contributed by atoms with Gasteiger partial charge >= 0.3 is 11.9 Å². The van der Waals surface area contributed by atoms with E-state index in [1.807, 2.05) is 18.2 Å². The van der Waals surface area contributed by atoms with Crippen LogP contribution in [-0.4, -0.2) is 69.0 Å². The maximum Gasteiger partial charge on any atom is 0.309 e. The second-order valence-electron chi connectivity index (χ2n) is 20.4. The van der Waals surface area contributed by atoms with Gasteiger partial charge in [-0.3, -0.25) is 24.2 Å². The molecule has 10 nitrogen and oxygen atoms in total. The third-order valence-corrected chi connectivity index (χ3v) is 16.5. The number of aromatic nitrogens is 1. The van der Waals surface area contributed by atoms with Crippen LogP contribution in [0.15, 0.2) is 35.5 Å². The quantitative estimate of drug-likeness (QED) is 0.200. The van der Waals surface area contributed by atoms with Crippen molar-refractivity contribution in [1.29, 1.82) is 0 Å². The summed E-state index contributed by atoms with van der Waals surface area (Å²) in [7, 11) is 0. The van der Waals surface area contributed by atoms with Crippen LogP contribution in [0.2, 0.25) is 0 Å². The smallest absolute Gasteiger partial charge is 0.309 e. The molecule has 0 aliphatic heterocycles. The molecule has 0 radical (unpaired) electrons. The van der Waals surface area contributed by atoms with Crippen LogP contribution in [0.5, 0.6) is 0 Å². The highest BCUT2D eigenvalue weighted by molar-refractivity contribution is 6.00. The van der Waals surface area contributed by atoms with E-state index in [0.29, 0.717) is 18.3 Å². The minimum Gasteiger partial charge on any atom is -0.481 e. The second kappa shape index (κ2) is 14.4. The number of allylic oxidation sites excluding steroid dienone is 1. The molecule has 10 heteroatoms. The Balaban J connectivity index is 1.30. The number of esters is 1. The average molecular weight is 762 g/mol. The van der Waals surface area contributed by atoms with E-state index in [2.05, 4.69) is 53.5 Å². The van der Waals surface area contributed by atoms with Crippen LogP contribution >= 0.6 is 0 Å². The maximum absolute atomic E-state index is 14.2. The Morgan fingerprint density at radius 1 is 0.982 bits per heavy atom. The Morgan fingerprint density at radius 3 is 2.31 bits per heavy atom. The van der Waals surface area contributed by atoms with E-state index in [4.69, 9.17) is 10.5 Å². The Labute approximate surface area is 328 Å². The molecule has 1 aromatic rings. The summed E-state index contributed by atoms with van der Waals surface area (Å²) in [4.78, 5) is 58.3. The number of hydrogen-bond acceptors (Lipinski definition) is 8. The summed E-state index contributed by atoms with van der Waals surface area (Å²) in [6, 6.07) is 5.58. The SMILES string of the molecule is CC(C)C1=C2[C@H]3CC[C@@H]4[C@@]5(C)CCC(OC(=O)CC(C)(C)C(=O)O)C(C)(C)[C@@H]5CC[C@@]4(C)[C@]3(C)CC[C@@]2([C@@H](O)CN(Cc2ccccn2)C(=O)CN)CC1=O. The standard InChI is InChI=1S/C45H67N3O7/c1-27(2)37-30(49)22-45(33(50)26-48(35(51)24-46)25-28-12-10-11-21-47-28)20-19-43(8)29(38(37)45)13-14-32-42(7)17-16-34(55-36(52)23-40(3,4)39(53)54)41(5,6)31(42)15-18-44(32,43)9/h10-12,21,27,29,31-34,50H,13-20,22-26,46H2,1-9H3,(H,53,54)/t29-,31+,32-,33+,34?,42+,43-,44-,45+/m1/s1. The van der Waals surface area contributed by atoms with Gasteiger partial charge in [0, 0.05) is 30.0 Å². The van der Waals surface area contributed by atoms with Gasteiger partial charge in [0.2, 0.25) is 5.91 Å². The van der Waals surface area contributed by atoms with Crippen LogP contribution in [0.25, 0.3) is 0 Å². The average Bonchev–Trinajstić information content (AvgIpc) is 3.42. The van der Waals surface area contributed by atoms with Crippen molar-refractivity contribution >= 4 is 23.6 Å². The summed E-state index contributed by atoms with van der Waals surface area (Å²) in [5.74, 6) is -0.655. The summed E-state index contributed by atoms with van der Waals surface area (Å²) in [6.07, 6.45) is 7.85. The number of carbonyl (C=O) groups is 4. The van der Waals surface area contributed by atoms with E-state index in [9.17, 15) is 29.4 Å². The van der Waals surface area contributed by atoms with Crippen molar-refractivity contribution in [2.45, 2.75) is 145 Å². The number of Topliss-reactive ketones (excluding diaryl/α,β-unsaturated/α-hetero) is 1. The normalized spacial score (nSPS) is 36.0. The number of ketones is 1. The summed E-state index contributed by atoms with van der Waals surface area (Å²) in [6.45, 7) is 19.5. The lowest BCUT2D eigenvalue weighted by atomic mass is 9.33. The van der Waals surface area contributed by atoms with Gasteiger partial charge in [-0.2, -0.15) is 0 Å². The highest BCUT2D eigenvalue weighted by atomic mass is 16.5. The minimum atomic E-state index is -1.19. The fourth-order valence-electron chi connectivity index (χ4n) is 13.4. The zero-order chi connectivity index (χ0) is 40.5. The number of aliphatic hydroxyl groups is 1. The molecule has 1 amide bonds. The molecular weight excluding hydrogens is 695 g/mol. The number of aliphatic carboxylic acids is 1. The van der Waals surface area contributed by atoms with Gasteiger partial charge < -0.3 is 25.6 Å². The number of nitrogens with zero attached hydrogens (tertiary/aromatic N) is 2. The fraction of sp³-hybridized carbons (Fsp3) is 0.756. The lowest BCUT2D eigenvalue weighted by Gasteiger charge is -2.72. The van der Waals surface area contributed by atoms with Crippen LogP contribution in [-0.2, 0) is 30.5 Å². The van der Waals surface area contributed by atoms with E-state index in [1.165, 1.54) is 5.57 Å². The summed E-state index contributed by atoms with van der Waals surface area (Å²) in [5, 5.41) is 22.1. The topological polar surface area (TPSA) is 160 Å². The van der Waals surface area contributed by atoms with E-state index in [1.54, 1.807) is 24.9 Å². The molecule has 6 rings (SSSR count). The predicted molar refractivity (Wildman–Crippen MR) is 210 cm³/mol. The molecule has 0 bridgehead atoms. The monoisotopic (exact) mass is 761 g/mol. The van der Waals surface area contributed by atoms with Gasteiger partial charge in [-0.15, -0.1) is 0 Å². The molecule has 5 aliphatic rings. The molecule has 0 saturated heterocycles. The number of fused-ring (bicyclic) bond motifs is 7. The maximum atomic E-state index is 14.2. The first-order valence-electron chi connectivity index (χ1n) is 20.9. The Morgan fingerprint density at radius 2 is 1.69 bits per heavy atom. The number of carboxylic acids is 1. The molecule has 0 aromatic carbocycles. The van der Waals surface area contributed by atoms with Crippen molar-refractivity contribution in [2.24, 2.45) is 61.9 Å². The first kappa shape index (κ1) is 41.5. The van der Waals surface area contributed by atoms with Gasteiger partial charge in [0.15, 0.2) is 5.78 Å². The number of carboxylic acid groups (broad SMARTS) is 1. The molecule has 55 heavy (non-hydrogen) atoms. The van der Waals surface area contributed by atoms with Crippen molar-refractivity contribution in [3.63, 3.8) is 0 Å². The van der Waals surface area contributed by atoms with Gasteiger partial charge in [0.1, 0.15) is 6.10 Å². The Kier molecular flexibility index (Phi) is 10.8. The fourth-order valence-corrected chi connectivity index (χ4v) is 13.4. The molecule has 0 spiro atoms. The third-order valence-electron chi connectivity index (χ3n) is 16.5. The van der Waals surface area contributed by atoms with Crippen molar-refractivity contribution in [3.8, 4) is 0 Å². The van der Waals surface area contributed by atoms with Crippen LogP contribution in [0.3, 0.4) is 0 Å². The lowest BCUT2D eigenvalue weighted by Crippen LogP contribution is -2.66. The van der Waals surface area contributed by atoms with Gasteiger partial charge in [0.05, 0.1) is 36.7 Å². The third kappa shape index (κ3) is 6.59. The number of nitrogens with two attached hydrogens (primary N) is 1. The summed E-state index contributed by atoms with van der Waals surface area (Å²) in [5.41, 5.74) is 6.35. The van der Waals surface area contributed by atoms with Crippen LogP contribution in [0.1, 0.15) is 132 Å². The molecule has 9 atom stereocenters. The summed E-state index contributed by atoms with van der Waals surface area (Å²) < 4.78 is 6.16. The number of amides is 1. The van der Waals surface area contributed by atoms with Gasteiger partial charge in [-0.1, -0.05) is 60.1 Å². The minimum absolute atomic E-state index is 0.0110. The zero-order valence-electron chi connectivity index (χ0n) is 34.9. The molecule has 1 heterocycles. The Bertz CT molecular complexity index is 1720. The molecule has 1 unspecified atom stereocenters. The van der Waals surface area contributed by atoms with Crippen molar-refractivity contribution < 1.29 is 34.1 Å². The first-order valence-corrected chi connectivity index (χ1v) is 20.9. The van der Waals surface area contributed by atoms with E-state index in [-0.39, 0.29) is 83.8 Å². The largest absolute Gasteiger partial charge is 0.481 e. The molecular formula is C45H67N3O7. The molecule has 5 aliphatic carbocycles. The van der Waals surface area contributed by atoms with Gasteiger partial charge in [-0.25, -0.2) is 0 Å². The van der Waals surface area contributed by atoms with E-state index < -0.39 is 28.9 Å². The number of rotatable bonds is 11. The highest BCUT2D eigenvalue weighted by Crippen LogP contribution is 2.77. The van der Waals surface area contributed by atoms with E-state index in [0.717, 1.165) is 56.2 Å². The van der Waals surface area contributed by atoms with Crippen LogP contribution < -0.4 is 5.73 Å². The highest BCUT2D eigenvalue weighted by Gasteiger charge is 2.71. The molecule has 4 fully saturated rings. The molecule has 1 aromatic heterocycles. The second-order valence-corrected chi connectivity index (χ2v) is 20.4. The van der Waals surface area contributed by atoms with Gasteiger partial charge in [0.25, 0.3) is 0 Å². The zero-order valence-corrected chi connectivity index (χ0v) is 34.9. The Hall–Kier alpha value is -3.11. The predicted octanol–water partition coefficient (Wildman–Crippen LogP) is 7.12. The van der Waals surface area contributed by atoms with Crippen molar-refractivity contribution in [2.75, 3.05) is 13.1 Å². The molecule has 4 N–H and O–H groups in total. The lowest BCUT2D eigenvalue weighted by molar-refractivity contribution is -0.235. The number of pyridine rings is 1. The number of hydrogen-bond donors (Lipinski definition) is 3. The van der Waals surface area contributed by atoms with Crippen molar-refractivity contribution in [1.82, 2.24) is 9.88 Å².